The Labute approximate surface area is 168 Å². The van der Waals surface area contributed by atoms with Gasteiger partial charge in [0.15, 0.2) is 0 Å². The highest BCUT2D eigenvalue weighted by Gasteiger charge is 2.18. The number of nitriles is 1. The van der Waals surface area contributed by atoms with Gasteiger partial charge in [0.25, 0.3) is 0 Å². The molecule has 1 aromatic heterocycles. The van der Waals surface area contributed by atoms with Crippen LogP contribution >= 0.6 is 0 Å². The second kappa shape index (κ2) is 8.76. The summed E-state index contributed by atoms with van der Waals surface area (Å²) in [6.45, 7) is 0. The van der Waals surface area contributed by atoms with Crippen LogP contribution in [0.2, 0.25) is 0 Å². The molecule has 0 bridgehead atoms. The molecule has 3 aromatic rings. The van der Waals surface area contributed by atoms with Crippen molar-refractivity contribution in [3.63, 3.8) is 0 Å². The second-order valence-electron chi connectivity index (χ2n) is 5.94. The lowest BCUT2D eigenvalue weighted by Crippen LogP contribution is -2.02. The number of carbonyl (C=O) groups is 1. The average molecular weight is 389 g/mol. The number of methoxy groups -OCH3 is 3. The number of ether oxygens (including phenoxy) is 3. The van der Waals surface area contributed by atoms with Crippen LogP contribution in [-0.4, -0.2) is 37.1 Å². The van der Waals surface area contributed by atoms with Gasteiger partial charge in [0.1, 0.15) is 28.8 Å². The molecule has 0 saturated carbocycles. The summed E-state index contributed by atoms with van der Waals surface area (Å²) in [6, 6.07) is 16.7. The summed E-state index contributed by atoms with van der Waals surface area (Å²) in [5.74, 6) is 0.484. The highest BCUT2D eigenvalue weighted by Crippen LogP contribution is 2.35. The van der Waals surface area contributed by atoms with Crippen LogP contribution in [0.5, 0.6) is 11.5 Å². The van der Waals surface area contributed by atoms with Crippen molar-refractivity contribution in [3.05, 3.63) is 65.9 Å². The molecule has 1 heterocycles. The average Bonchev–Trinajstić information content (AvgIpc) is 3.20. The number of aromatic nitrogens is 2. The Kier molecular flexibility index (Phi) is 5.95. The summed E-state index contributed by atoms with van der Waals surface area (Å²) in [5.41, 5.74) is 2.44. The predicted molar refractivity (Wildman–Crippen MR) is 108 cm³/mol. The van der Waals surface area contributed by atoms with Gasteiger partial charge in [0.05, 0.1) is 27.0 Å². The number of nitrogens with zero attached hydrogens (tertiary/aromatic N) is 3. The second-order valence-corrected chi connectivity index (χ2v) is 5.94. The maximum atomic E-state index is 11.9. The van der Waals surface area contributed by atoms with E-state index >= 15 is 0 Å². The van der Waals surface area contributed by atoms with E-state index in [-0.39, 0.29) is 5.57 Å². The van der Waals surface area contributed by atoms with E-state index in [1.54, 1.807) is 43.3 Å². The SMILES string of the molecule is COC(=O)/C(C#N)=C/c1cn(-c2ccccc2)nc1-c1cc(OC)ccc1OC. The van der Waals surface area contributed by atoms with Crippen LogP contribution in [0.3, 0.4) is 0 Å². The molecule has 7 nitrogen and oxygen atoms in total. The fraction of sp³-hybridized carbons (Fsp3) is 0.136. The van der Waals surface area contributed by atoms with Crippen LogP contribution in [-0.2, 0) is 9.53 Å². The quantitative estimate of drug-likeness (QED) is 0.363. The molecule has 2 aromatic carbocycles. The highest BCUT2D eigenvalue weighted by atomic mass is 16.5. The largest absolute Gasteiger partial charge is 0.497 e. The molecular formula is C22H19N3O4. The molecule has 0 aliphatic carbocycles. The molecule has 0 unspecified atom stereocenters. The topological polar surface area (TPSA) is 86.4 Å². The lowest BCUT2D eigenvalue weighted by molar-refractivity contribution is -0.135. The lowest BCUT2D eigenvalue weighted by atomic mass is 10.0. The van der Waals surface area contributed by atoms with Gasteiger partial charge in [-0.15, -0.1) is 0 Å². The first-order valence-electron chi connectivity index (χ1n) is 8.69. The van der Waals surface area contributed by atoms with E-state index in [1.807, 2.05) is 36.4 Å². The van der Waals surface area contributed by atoms with Crippen molar-refractivity contribution in [1.82, 2.24) is 9.78 Å². The predicted octanol–water partition coefficient (Wildman–Crippen LogP) is 3.64. The Morgan fingerprint density at radius 3 is 2.48 bits per heavy atom. The lowest BCUT2D eigenvalue weighted by Gasteiger charge is -2.09. The fourth-order valence-corrected chi connectivity index (χ4v) is 2.82. The summed E-state index contributed by atoms with van der Waals surface area (Å²) < 4.78 is 17.2. The van der Waals surface area contributed by atoms with E-state index < -0.39 is 5.97 Å². The van der Waals surface area contributed by atoms with Crippen molar-refractivity contribution in [3.8, 4) is 34.5 Å². The van der Waals surface area contributed by atoms with Crippen LogP contribution in [0.15, 0.2) is 60.3 Å². The van der Waals surface area contributed by atoms with Crippen LogP contribution in [0.4, 0.5) is 0 Å². The van der Waals surface area contributed by atoms with Crippen molar-refractivity contribution in [1.29, 1.82) is 5.26 Å². The summed E-state index contributed by atoms with van der Waals surface area (Å²) in [7, 11) is 4.36. The van der Waals surface area contributed by atoms with Gasteiger partial charge in [0.2, 0.25) is 0 Å². The van der Waals surface area contributed by atoms with E-state index in [2.05, 4.69) is 5.10 Å². The zero-order valence-electron chi connectivity index (χ0n) is 16.2. The molecule has 0 amide bonds. The monoisotopic (exact) mass is 389 g/mol. The number of hydrogen-bond donors (Lipinski definition) is 0. The van der Waals surface area contributed by atoms with Crippen LogP contribution in [0.25, 0.3) is 23.0 Å². The maximum absolute atomic E-state index is 11.9. The zero-order valence-corrected chi connectivity index (χ0v) is 16.2. The normalized spacial score (nSPS) is 10.9. The standard InChI is InChI=1S/C22H19N3O4/c1-27-18-9-10-20(28-2)19(12-18)21-16(11-15(13-23)22(26)29-3)14-25(24-21)17-7-5-4-6-8-17/h4-12,14H,1-3H3/b15-11+. The third-order valence-electron chi connectivity index (χ3n) is 4.25. The number of carbonyl (C=O) groups excluding carboxylic acids is 1. The minimum Gasteiger partial charge on any atom is -0.497 e. The third-order valence-corrected chi connectivity index (χ3v) is 4.25. The van der Waals surface area contributed by atoms with E-state index in [9.17, 15) is 10.1 Å². The molecule has 7 heteroatoms. The molecular weight excluding hydrogens is 370 g/mol. The molecule has 0 saturated heterocycles. The smallest absolute Gasteiger partial charge is 0.348 e. The molecule has 0 atom stereocenters. The van der Waals surface area contributed by atoms with Gasteiger partial charge in [0, 0.05) is 17.3 Å². The number of hydrogen-bond acceptors (Lipinski definition) is 6. The Morgan fingerprint density at radius 1 is 1.10 bits per heavy atom. The number of esters is 1. The Bertz CT molecular complexity index is 1090. The maximum Gasteiger partial charge on any atom is 0.348 e. The molecule has 29 heavy (non-hydrogen) atoms. The molecule has 0 aliphatic heterocycles. The summed E-state index contributed by atoms with van der Waals surface area (Å²) >= 11 is 0. The van der Waals surface area contributed by atoms with Crippen LogP contribution in [0, 0.1) is 11.3 Å². The number of para-hydroxylation sites is 1. The third kappa shape index (κ3) is 4.12. The Morgan fingerprint density at radius 2 is 1.86 bits per heavy atom. The molecule has 146 valence electrons. The van der Waals surface area contributed by atoms with E-state index in [0.29, 0.717) is 28.3 Å². The van der Waals surface area contributed by atoms with Crippen molar-refractivity contribution < 1.29 is 19.0 Å². The van der Waals surface area contributed by atoms with Gasteiger partial charge < -0.3 is 14.2 Å². The van der Waals surface area contributed by atoms with Crippen molar-refractivity contribution in [2.24, 2.45) is 0 Å². The van der Waals surface area contributed by atoms with Gasteiger partial charge in [-0.05, 0) is 36.4 Å². The van der Waals surface area contributed by atoms with Crippen LogP contribution < -0.4 is 9.47 Å². The minimum atomic E-state index is -0.719. The molecule has 0 radical (unpaired) electrons. The summed E-state index contributed by atoms with van der Waals surface area (Å²) in [4.78, 5) is 11.9. The van der Waals surface area contributed by atoms with Gasteiger partial charge in [-0.3, -0.25) is 0 Å². The van der Waals surface area contributed by atoms with Crippen molar-refractivity contribution in [2.75, 3.05) is 21.3 Å². The minimum absolute atomic E-state index is 0.136. The molecule has 3 rings (SSSR count). The molecule has 0 aliphatic rings. The molecule has 0 spiro atoms. The first-order valence-corrected chi connectivity index (χ1v) is 8.69. The molecule has 0 N–H and O–H groups in total. The highest BCUT2D eigenvalue weighted by molar-refractivity contribution is 5.99. The van der Waals surface area contributed by atoms with Crippen molar-refractivity contribution >= 4 is 12.0 Å². The summed E-state index contributed by atoms with van der Waals surface area (Å²) in [6.07, 6.45) is 3.19. The fourth-order valence-electron chi connectivity index (χ4n) is 2.82. The van der Waals surface area contributed by atoms with Gasteiger partial charge in [-0.2, -0.15) is 10.4 Å². The van der Waals surface area contributed by atoms with Gasteiger partial charge >= 0.3 is 5.97 Å². The van der Waals surface area contributed by atoms with Crippen molar-refractivity contribution in [2.45, 2.75) is 0 Å². The Hall–Kier alpha value is -4.05. The Balaban J connectivity index is 2.25. The van der Waals surface area contributed by atoms with Gasteiger partial charge in [-0.25, -0.2) is 9.48 Å². The number of rotatable bonds is 6. The van der Waals surface area contributed by atoms with Gasteiger partial charge in [-0.1, -0.05) is 18.2 Å². The van der Waals surface area contributed by atoms with E-state index in [1.165, 1.54) is 13.2 Å². The van der Waals surface area contributed by atoms with Crippen LogP contribution in [0.1, 0.15) is 5.56 Å². The van der Waals surface area contributed by atoms with E-state index in [0.717, 1.165) is 5.69 Å². The first kappa shape index (κ1) is 19.7. The van der Waals surface area contributed by atoms with E-state index in [4.69, 9.17) is 14.2 Å². The first-order chi connectivity index (χ1) is 14.1. The molecule has 0 fully saturated rings. The number of benzene rings is 2. The summed E-state index contributed by atoms with van der Waals surface area (Å²) in [5, 5.41) is 14.0. The zero-order chi connectivity index (χ0) is 20.8.